The van der Waals surface area contributed by atoms with Gasteiger partial charge in [-0.15, -0.1) is 0 Å². The molecule has 0 aliphatic carbocycles. The maximum atomic E-state index is 6.20. The summed E-state index contributed by atoms with van der Waals surface area (Å²) < 4.78 is 2.12. The summed E-state index contributed by atoms with van der Waals surface area (Å²) in [5.74, 6) is 0. The second kappa shape index (κ2) is 4.25. The van der Waals surface area contributed by atoms with Crippen molar-refractivity contribution >= 4 is 22.5 Å². The number of nitrogens with zero attached hydrogens (tertiary/aromatic N) is 1. The van der Waals surface area contributed by atoms with Gasteiger partial charge in [-0.1, -0.05) is 23.7 Å². The molecule has 0 aliphatic rings. The van der Waals surface area contributed by atoms with Crippen molar-refractivity contribution in [3.05, 3.63) is 35.0 Å². The van der Waals surface area contributed by atoms with Crippen molar-refractivity contribution in [2.24, 2.45) is 5.73 Å². The van der Waals surface area contributed by atoms with Crippen LogP contribution in [0.25, 0.3) is 10.9 Å². The Kier molecular flexibility index (Phi) is 2.98. The molecule has 0 saturated heterocycles. The fraction of sp³-hybridized carbons (Fsp3) is 0.333. The Balaban J connectivity index is 2.53. The molecule has 2 nitrogen and oxygen atoms in total. The molecule has 3 heteroatoms. The summed E-state index contributed by atoms with van der Waals surface area (Å²) in [4.78, 5) is 0. The predicted molar refractivity (Wildman–Crippen MR) is 65.4 cm³/mol. The van der Waals surface area contributed by atoms with Gasteiger partial charge in [0.2, 0.25) is 0 Å². The molecule has 80 valence electrons. The van der Waals surface area contributed by atoms with Gasteiger partial charge in [0.15, 0.2) is 0 Å². The molecule has 1 aromatic heterocycles. The Morgan fingerprint density at radius 1 is 1.40 bits per heavy atom. The molecule has 0 atom stereocenters. The number of rotatable bonds is 3. The van der Waals surface area contributed by atoms with Crippen molar-refractivity contribution in [3.63, 3.8) is 0 Å². The van der Waals surface area contributed by atoms with Crippen molar-refractivity contribution in [3.8, 4) is 0 Å². The van der Waals surface area contributed by atoms with Gasteiger partial charge in [-0.2, -0.15) is 0 Å². The van der Waals surface area contributed by atoms with Gasteiger partial charge >= 0.3 is 0 Å². The Labute approximate surface area is 94.6 Å². The third kappa shape index (κ3) is 1.87. The lowest BCUT2D eigenvalue weighted by Crippen LogP contribution is -2.05. The highest BCUT2D eigenvalue weighted by Gasteiger charge is 2.07. The number of hydrogen-bond acceptors (Lipinski definition) is 1. The van der Waals surface area contributed by atoms with Gasteiger partial charge in [-0.3, -0.25) is 0 Å². The van der Waals surface area contributed by atoms with Gasteiger partial charge in [-0.05, 0) is 37.6 Å². The quantitative estimate of drug-likeness (QED) is 0.851. The Morgan fingerprint density at radius 2 is 2.20 bits per heavy atom. The molecule has 2 rings (SSSR count). The topological polar surface area (TPSA) is 30.9 Å². The lowest BCUT2D eigenvalue weighted by atomic mass is 10.1. The van der Waals surface area contributed by atoms with E-state index in [-0.39, 0.29) is 0 Å². The van der Waals surface area contributed by atoms with Crippen LogP contribution in [0.1, 0.15) is 12.0 Å². The number of fused-ring (bicyclic) bond motifs is 1. The maximum Gasteiger partial charge on any atom is 0.109 e. The van der Waals surface area contributed by atoms with Crippen LogP contribution in [0.5, 0.6) is 0 Å². The molecule has 15 heavy (non-hydrogen) atoms. The highest BCUT2D eigenvalue weighted by Crippen LogP contribution is 2.26. The summed E-state index contributed by atoms with van der Waals surface area (Å²) in [6, 6.07) is 8.30. The highest BCUT2D eigenvalue weighted by molar-refractivity contribution is 6.31. The second-order valence-corrected chi connectivity index (χ2v) is 4.16. The largest absolute Gasteiger partial charge is 0.332 e. The molecule has 0 bridgehead atoms. The highest BCUT2D eigenvalue weighted by atomic mass is 35.5. The van der Waals surface area contributed by atoms with E-state index in [1.807, 2.05) is 6.07 Å². The molecule has 0 unspecified atom stereocenters. The van der Waals surface area contributed by atoms with E-state index in [9.17, 15) is 0 Å². The smallest absolute Gasteiger partial charge is 0.109 e. The summed E-state index contributed by atoms with van der Waals surface area (Å²) in [5.41, 5.74) is 7.98. The number of aryl methyl sites for hydroxylation is 2. The Hall–Kier alpha value is -0.990. The van der Waals surface area contributed by atoms with Gasteiger partial charge in [0, 0.05) is 17.4 Å². The zero-order chi connectivity index (χ0) is 10.8. The van der Waals surface area contributed by atoms with Crippen LogP contribution in [0.15, 0.2) is 24.3 Å². The van der Waals surface area contributed by atoms with E-state index in [1.165, 1.54) is 16.5 Å². The van der Waals surface area contributed by atoms with Gasteiger partial charge in [-0.25, -0.2) is 0 Å². The SMILES string of the molecule is Cc1cccc2c1cc(Cl)n2CCCN. The van der Waals surface area contributed by atoms with E-state index >= 15 is 0 Å². The lowest BCUT2D eigenvalue weighted by Gasteiger charge is -2.05. The molecule has 0 aliphatic heterocycles. The van der Waals surface area contributed by atoms with E-state index in [0.29, 0.717) is 6.54 Å². The normalized spacial score (nSPS) is 11.1. The Morgan fingerprint density at radius 3 is 2.93 bits per heavy atom. The molecule has 1 heterocycles. The molecule has 2 N–H and O–H groups in total. The molecule has 0 fully saturated rings. The average Bonchev–Trinajstić information content (AvgIpc) is 2.54. The third-order valence-electron chi connectivity index (χ3n) is 2.70. The van der Waals surface area contributed by atoms with E-state index in [1.54, 1.807) is 0 Å². The van der Waals surface area contributed by atoms with Crippen LogP contribution in [0.2, 0.25) is 5.15 Å². The lowest BCUT2D eigenvalue weighted by molar-refractivity contribution is 0.671. The number of aromatic nitrogens is 1. The summed E-state index contributed by atoms with van der Waals surface area (Å²) in [6.07, 6.45) is 0.956. The molecule has 2 aromatic rings. The van der Waals surface area contributed by atoms with Crippen LogP contribution >= 0.6 is 11.6 Å². The van der Waals surface area contributed by atoms with Crippen molar-refractivity contribution in [2.75, 3.05) is 6.54 Å². The standard InChI is InChI=1S/C12H15ClN2/c1-9-4-2-5-11-10(9)8-12(13)15(11)7-3-6-14/h2,4-5,8H,3,6-7,14H2,1H3. The van der Waals surface area contributed by atoms with Gasteiger partial charge in [0.05, 0.1) is 0 Å². The van der Waals surface area contributed by atoms with Crippen molar-refractivity contribution in [1.82, 2.24) is 4.57 Å². The van der Waals surface area contributed by atoms with Crippen LogP contribution in [0, 0.1) is 6.92 Å². The van der Waals surface area contributed by atoms with Gasteiger partial charge in [0.1, 0.15) is 5.15 Å². The minimum absolute atomic E-state index is 0.696. The summed E-state index contributed by atoms with van der Waals surface area (Å²) in [7, 11) is 0. The summed E-state index contributed by atoms with van der Waals surface area (Å²) >= 11 is 6.20. The summed E-state index contributed by atoms with van der Waals surface area (Å²) in [6.45, 7) is 3.69. The van der Waals surface area contributed by atoms with Gasteiger partial charge in [0.25, 0.3) is 0 Å². The van der Waals surface area contributed by atoms with Crippen LogP contribution in [-0.4, -0.2) is 11.1 Å². The van der Waals surface area contributed by atoms with Gasteiger partial charge < -0.3 is 10.3 Å². The zero-order valence-corrected chi connectivity index (χ0v) is 9.59. The molecule has 1 aromatic carbocycles. The first-order valence-corrected chi connectivity index (χ1v) is 5.56. The molecular formula is C12H15ClN2. The first-order valence-electron chi connectivity index (χ1n) is 5.18. The van der Waals surface area contributed by atoms with E-state index in [2.05, 4.69) is 29.7 Å². The second-order valence-electron chi connectivity index (χ2n) is 3.77. The zero-order valence-electron chi connectivity index (χ0n) is 8.83. The number of hydrogen-bond donors (Lipinski definition) is 1. The third-order valence-corrected chi connectivity index (χ3v) is 3.01. The van der Waals surface area contributed by atoms with E-state index in [0.717, 1.165) is 18.1 Å². The van der Waals surface area contributed by atoms with Crippen molar-refractivity contribution in [1.29, 1.82) is 0 Å². The fourth-order valence-electron chi connectivity index (χ4n) is 1.88. The number of benzene rings is 1. The molecule has 0 radical (unpaired) electrons. The molecule has 0 amide bonds. The average molecular weight is 223 g/mol. The van der Waals surface area contributed by atoms with Crippen molar-refractivity contribution in [2.45, 2.75) is 19.9 Å². The minimum atomic E-state index is 0.696. The first-order chi connectivity index (χ1) is 7.24. The number of nitrogens with two attached hydrogens (primary N) is 1. The fourth-order valence-corrected chi connectivity index (χ4v) is 2.16. The maximum absolute atomic E-state index is 6.20. The number of halogens is 1. The van der Waals surface area contributed by atoms with Crippen molar-refractivity contribution < 1.29 is 0 Å². The first kappa shape index (κ1) is 10.5. The van der Waals surface area contributed by atoms with Crippen LogP contribution < -0.4 is 5.73 Å². The Bertz CT molecular complexity index is 474. The summed E-state index contributed by atoms with van der Waals surface area (Å²) in [5, 5.41) is 2.03. The minimum Gasteiger partial charge on any atom is -0.332 e. The molecular weight excluding hydrogens is 208 g/mol. The van der Waals surface area contributed by atoms with Crippen LogP contribution in [0.3, 0.4) is 0 Å². The van der Waals surface area contributed by atoms with E-state index in [4.69, 9.17) is 17.3 Å². The molecule has 0 spiro atoms. The predicted octanol–water partition coefficient (Wildman–Crippen LogP) is 2.95. The van der Waals surface area contributed by atoms with E-state index < -0.39 is 0 Å². The molecule has 0 saturated carbocycles. The van der Waals surface area contributed by atoms with Crippen LogP contribution in [0.4, 0.5) is 0 Å². The monoisotopic (exact) mass is 222 g/mol. The van der Waals surface area contributed by atoms with Crippen LogP contribution in [-0.2, 0) is 6.54 Å².